The number of carbonyl (C=O) groups is 3. The Labute approximate surface area is 304 Å². The highest BCUT2D eigenvalue weighted by Crippen LogP contribution is 2.49. The Balaban J connectivity index is 1.38. The first-order chi connectivity index (χ1) is 24.7. The van der Waals surface area contributed by atoms with Crippen molar-refractivity contribution in [3.05, 3.63) is 120 Å². The van der Waals surface area contributed by atoms with E-state index in [1.165, 1.54) is 26.0 Å². The van der Waals surface area contributed by atoms with E-state index in [1.807, 2.05) is 76.2 Å². The third-order valence-corrected chi connectivity index (χ3v) is 10.00. The minimum atomic E-state index is -0.678. The molecule has 4 aromatic rings. The highest BCUT2D eigenvalue weighted by Gasteiger charge is 2.53. The van der Waals surface area contributed by atoms with Gasteiger partial charge in [0.15, 0.2) is 0 Å². The molecule has 0 unspecified atom stereocenters. The summed E-state index contributed by atoms with van der Waals surface area (Å²) in [5.41, 5.74) is 2.66. The highest BCUT2D eigenvalue weighted by atomic mass is 19.1. The van der Waals surface area contributed by atoms with E-state index >= 15 is 0 Å². The molecule has 3 atom stereocenters. The van der Waals surface area contributed by atoms with Gasteiger partial charge < -0.3 is 28.4 Å². The number of hydrogen-bond donors (Lipinski definition) is 0. The van der Waals surface area contributed by atoms with E-state index in [4.69, 9.17) is 23.5 Å². The molecule has 0 aliphatic carbocycles. The minimum Gasteiger partial charge on any atom is -0.489 e. The molecule has 0 radical (unpaired) electrons. The number of amides is 1. The molecule has 11 heteroatoms. The normalized spacial score (nSPS) is 19.5. The van der Waals surface area contributed by atoms with Gasteiger partial charge >= 0.3 is 19.1 Å². The number of β-lactam (4-membered cyclic amide) rings is 1. The molecule has 1 amide bonds. The summed E-state index contributed by atoms with van der Waals surface area (Å²) in [4.78, 5) is 39.5. The first kappa shape index (κ1) is 36.8. The molecule has 0 spiro atoms. The van der Waals surface area contributed by atoms with Gasteiger partial charge in [0.05, 0.1) is 23.2 Å². The summed E-state index contributed by atoms with van der Waals surface area (Å²) in [6.07, 6.45) is 0.00443. The number of halogens is 1. The first-order valence-electron chi connectivity index (χ1n) is 17.4. The summed E-state index contributed by atoms with van der Waals surface area (Å²) >= 11 is 0. The summed E-state index contributed by atoms with van der Waals surface area (Å²) in [7, 11) is -0.637. The van der Waals surface area contributed by atoms with Crippen molar-refractivity contribution in [3.8, 4) is 11.5 Å². The van der Waals surface area contributed by atoms with Gasteiger partial charge in [-0.3, -0.25) is 14.4 Å². The molecule has 0 aromatic heterocycles. The van der Waals surface area contributed by atoms with Crippen LogP contribution in [0.3, 0.4) is 0 Å². The summed E-state index contributed by atoms with van der Waals surface area (Å²) in [5, 5.41) is 0. The van der Waals surface area contributed by atoms with E-state index in [1.54, 1.807) is 41.3 Å². The van der Waals surface area contributed by atoms with Crippen molar-refractivity contribution in [2.75, 3.05) is 4.90 Å². The molecule has 52 heavy (non-hydrogen) atoms. The lowest BCUT2D eigenvalue weighted by Crippen LogP contribution is -2.55. The van der Waals surface area contributed by atoms with Gasteiger partial charge in [-0.15, -0.1) is 0 Å². The second-order valence-electron chi connectivity index (χ2n) is 14.2. The Morgan fingerprint density at radius 2 is 1.52 bits per heavy atom. The highest BCUT2D eigenvalue weighted by molar-refractivity contribution is 6.62. The monoisotopic (exact) mass is 707 g/mol. The van der Waals surface area contributed by atoms with Crippen LogP contribution in [0, 0.1) is 11.7 Å². The van der Waals surface area contributed by atoms with Gasteiger partial charge in [-0.25, -0.2) is 4.39 Å². The molecule has 4 aromatic carbocycles. The van der Waals surface area contributed by atoms with E-state index in [0.29, 0.717) is 35.6 Å². The number of benzene rings is 4. The maximum absolute atomic E-state index is 14.1. The van der Waals surface area contributed by atoms with Crippen LogP contribution in [0.2, 0.25) is 0 Å². The van der Waals surface area contributed by atoms with Crippen molar-refractivity contribution >= 4 is 36.1 Å². The van der Waals surface area contributed by atoms with Gasteiger partial charge in [-0.05, 0) is 99.6 Å². The number of ether oxygens (including phenoxy) is 3. The van der Waals surface area contributed by atoms with Crippen LogP contribution in [0.4, 0.5) is 10.1 Å². The first-order valence-corrected chi connectivity index (χ1v) is 17.4. The molecule has 6 rings (SSSR count). The van der Waals surface area contributed by atoms with Crippen LogP contribution >= 0.6 is 0 Å². The van der Waals surface area contributed by atoms with Gasteiger partial charge in [-0.1, -0.05) is 54.6 Å². The molecule has 270 valence electrons. The summed E-state index contributed by atoms with van der Waals surface area (Å²) < 4.78 is 44.0. The third kappa shape index (κ3) is 7.90. The van der Waals surface area contributed by atoms with Crippen LogP contribution in [0.1, 0.15) is 83.2 Å². The van der Waals surface area contributed by atoms with Gasteiger partial charge in [-0.2, -0.15) is 0 Å². The Hall–Kier alpha value is -5.00. The Bertz CT molecular complexity index is 1900. The predicted octanol–water partition coefficient (Wildman–Crippen LogP) is 7.42. The quantitative estimate of drug-likeness (QED) is 0.0650. The Morgan fingerprint density at radius 1 is 0.865 bits per heavy atom. The van der Waals surface area contributed by atoms with Gasteiger partial charge in [0, 0.05) is 25.1 Å². The van der Waals surface area contributed by atoms with Gasteiger partial charge in [0.2, 0.25) is 5.91 Å². The number of esters is 2. The summed E-state index contributed by atoms with van der Waals surface area (Å²) in [6.45, 7) is 10.9. The van der Waals surface area contributed by atoms with E-state index in [2.05, 4.69) is 0 Å². The van der Waals surface area contributed by atoms with Crippen molar-refractivity contribution in [1.82, 2.24) is 0 Å². The molecule has 0 bridgehead atoms. The fraction of sp³-hybridized carbons (Fsp3) is 0.341. The van der Waals surface area contributed by atoms with Gasteiger partial charge in [0.25, 0.3) is 0 Å². The van der Waals surface area contributed by atoms with Crippen molar-refractivity contribution in [1.29, 1.82) is 0 Å². The molecule has 0 saturated carbocycles. The molecule has 2 aliphatic heterocycles. The number of carbonyl (C=O) groups excluding carboxylic acids is 3. The van der Waals surface area contributed by atoms with E-state index in [9.17, 15) is 18.8 Å². The lowest BCUT2D eigenvalue weighted by Gasteiger charge is -2.48. The zero-order chi connectivity index (χ0) is 37.2. The SMILES string of the molecule is CC(=O)Oc1ccc(N2C(=O)[C@H](CC[C@H](OC(C)=O)c3ccc(F)cc3)[C@H]2c2ccc(B3OC(C)(C)C(C)(C)O3)cc2OCc2ccccc2)cc1. The van der Waals surface area contributed by atoms with Crippen molar-refractivity contribution in [2.45, 2.75) is 84.3 Å². The second kappa shape index (κ2) is 14.9. The van der Waals surface area contributed by atoms with Crippen molar-refractivity contribution < 1.29 is 42.3 Å². The second-order valence-corrected chi connectivity index (χ2v) is 14.2. The molecular formula is C41H43BFNO8. The number of rotatable bonds is 12. The fourth-order valence-corrected chi connectivity index (χ4v) is 6.60. The van der Waals surface area contributed by atoms with E-state index in [0.717, 1.165) is 16.6 Å². The van der Waals surface area contributed by atoms with Crippen molar-refractivity contribution in [3.63, 3.8) is 0 Å². The van der Waals surface area contributed by atoms with E-state index in [-0.39, 0.29) is 12.5 Å². The third-order valence-electron chi connectivity index (χ3n) is 10.00. The number of hydrogen-bond acceptors (Lipinski definition) is 8. The lowest BCUT2D eigenvalue weighted by atomic mass is 9.74. The molecule has 2 aliphatic rings. The summed E-state index contributed by atoms with van der Waals surface area (Å²) in [6, 6.07) is 27.7. The van der Waals surface area contributed by atoms with Crippen LogP contribution in [0.15, 0.2) is 97.1 Å². The molecule has 2 saturated heterocycles. The Morgan fingerprint density at radius 3 is 2.13 bits per heavy atom. The zero-order valence-corrected chi connectivity index (χ0v) is 30.3. The van der Waals surface area contributed by atoms with Crippen LogP contribution in [0.25, 0.3) is 0 Å². The van der Waals surface area contributed by atoms with Gasteiger partial charge in [0.1, 0.15) is 30.0 Å². The minimum absolute atomic E-state index is 0.130. The molecular weight excluding hydrogens is 664 g/mol. The lowest BCUT2D eigenvalue weighted by molar-refractivity contribution is -0.147. The number of nitrogens with zero attached hydrogens (tertiary/aromatic N) is 1. The van der Waals surface area contributed by atoms with Crippen molar-refractivity contribution in [2.24, 2.45) is 5.92 Å². The van der Waals surface area contributed by atoms with Crippen LogP contribution < -0.4 is 19.8 Å². The summed E-state index contributed by atoms with van der Waals surface area (Å²) in [5.74, 6) is -1.05. The molecule has 9 nitrogen and oxygen atoms in total. The topological polar surface area (TPSA) is 101 Å². The maximum atomic E-state index is 14.1. The average molecular weight is 708 g/mol. The molecule has 2 fully saturated rings. The zero-order valence-electron chi connectivity index (χ0n) is 30.3. The van der Waals surface area contributed by atoms with Crippen LogP contribution in [0.5, 0.6) is 11.5 Å². The average Bonchev–Trinajstić information content (AvgIpc) is 3.32. The fourth-order valence-electron chi connectivity index (χ4n) is 6.60. The maximum Gasteiger partial charge on any atom is 0.494 e. The number of anilines is 1. The van der Waals surface area contributed by atoms with Crippen LogP contribution in [-0.2, 0) is 35.0 Å². The Kier molecular flexibility index (Phi) is 10.6. The van der Waals surface area contributed by atoms with Crippen LogP contribution in [-0.4, -0.2) is 36.2 Å². The standard InChI is InChI=1S/C41H43BFNO8/c1-26(45)49-33-19-17-32(18-20-33)44-38(35(39(44)47)22-23-36(50-27(2)46)29-12-15-31(43)16-13-29)34-21-14-30(42-51-40(3,4)41(5,6)52-42)24-37(34)48-25-28-10-8-7-9-11-28/h7-21,24,35-36,38H,22-23,25H2,1-6H3/t35-,36+,38-/m1/s1. The van der Waals surface area contributed by atoms with E-state index < -0.39 is 54.1 Å². The smallest absolute Gasteiger partial charge is 0.489 e. The molecule has 0 N–H and O–H groups in total. The largest absolute Gasteiger partial charge is 0.494 e. The predicted molar refractivity (Wildman–Crippen MR) is 195 cm³/mol. The molecule has 2 heterocycles.